The van der Waals surface area contributed by atoms with Crippen molar-refractivity contribution in [3.63, 3.8) is 0 Å². The van der Waals surface area contributed by atoms with Crippen molar-refractivity contribution in [2.75, 3.05) is 38.3 Å². The molecule has 0 atom stereocenters. The average molecular weight is 642 g/mol. The molecule has 3 aromatic rings. The van der Waals surface area contributed by atoms with E-state index in [-0.39, 0.29) is 17.9 Å². The monoisotopic (exact) mass is 641 g/mol. The number of primary amides is 1. The molecule has 1 saturated carbocycles. The first-order chi connectivity index (χ1) is 21.4. The SMILES string of the molecule is CCC1(CC)Cc2c(-c3ccc(C(N)=O)c(NC4CCC(OC(=O)NCCN(C)C)CC4)c3)c3ccc(F)cc3n2S(=O)(=O)C1. The molecule has 0 saturated heterocycles. The molecule has 0 unspecified atom stereocenters. The number of ether oxygens (including phenoxy) is 1. The van der Waals surface area contributed by atoms with E-state index >= 15 is 0 Å². The number of aromatic nitrogens is 1. The van der Waals surface area contributed by atoms with E-state index in [9.17, 15) is 22.4 Å². The van der Waals surface area contributed by atoms with Gasteiger partial charge in [-0.2, -0.15) is 0 Å². The Labute approximate surface area is 264 Å². The number of carbonyl (C=O) groups is 2. The van der Waals surface area contributed by atoms with Crippen LogP contribution in [0.2, 0.25) is 0 Å². The molecule has 10 nitrogen and oxygen atoms in total. The van der Waals surface area contributed by atoms with E-state index in [0.29, 0.717) is 66.5 Å². The fraction of sp³-hybridized carbons (Fsp3) is 0.515. The van der Waals surface area contributed by atoms with Gasteiger partial charge in [0, 0.05) is 41.5 Å². The zero-order valence-corrected chi connectivity index (χ0v) is 27.3. The summed E-state index contributed by atoms with van der Waals surface area (Å²) < 4.78 is 48.9. The number of hydrogen-bond acceptors (Lipinski definition) is 7. The van der Waals surface area contributed by atoms with Crippen molar-refractivity contribution in [1.82, 2.24) is 14.2 Å². The summed E-state index contributed by atoms with van der Waals surface area (Å²) in [5, 5.41) is 6.91. The van der Waals surface area contributed by atoms with Gasteiger partial charge < -0.3 is 26.0 Å². The van der Waals surface area contributed by atoms with Gasteiger partial charge in [0.25, 0.3) is 5.91 Å². The predicted octanol–water partition coefficient (Wildman–Crippen LogP) is 5.10. The van der Waals surface area contributed by atoms with E-state index in [2.05, 4.69) is 10.6 Å². The molecule has 2 aliphatic rings. The summed E-state index contributed by atoms with van der Waals surface area (Å²) in [6, 6.07) is 9.56. The van der Waals surface area contributed by atoms with Crippen LogP contribution < -0.4 is 16.4 Å². The predicted molar refractivity (Wildman–Crippen MR) is 174 cm³/mol. The number of hydrogen-bond donors (Lipinski definition) is 3. The van der Waals surface area contributed by atoms with Crippen LogP contribution in [-0.4, -0.2) is 74.4 Å². The van der Waals surface area contributed by atoms with Gasteiger partial charge in [-0.1, -0.05) is 19.9 Å². The third-order valence-corrected chi connectivity index (χ3v) is 11.5. The van der Waals surface area contributed by atoms with Crippen LogP contribution in [0.5, 0.6) is 0 Å². The number of amides is 2. The van der Waals surface area contributed by atoms with E-state index in [1.807, 2.05) is 38.9 Å². The molecule has 12 heteroatoms. The highest BCUT2D eigenvalue weighted by molar-refractivity contribution is 7.90. The van der Waals surface area contributed by atoms with E-state index in [4.69, 9.17) is 10.5 Å². The van der Waals surface area contributed by atoms with Gasteiger partial charge in [-0.25, -0.2) is 21.6 Å². The minimum atomic E-state index is -3.76. The van der Waals surface area contributed by atoms with Gasteiger partial charge in [-0.05, 0) is 100 Å². The van der Waals surface area contributed by atoms with E-state index < -0.39 is 33.3 Å². The lowest BCUT2D eigenvalue weighted by atomic mass is 9.78. The second kappa shape index (κ2) is 13.0. The quantitative estimate of drug-likeness (QED) is 0.280. The van der Waals surface area contributed by atoms with Crippen molar-refractivity contribution in [2.24, 2.45) is 11.1 Å². The molecule has 244 valence electrons. The average Bonchev–Trinajstić information content (AvgIpc) is 3.31. The van der Waals surface area contributed by atoms with E-state index in [0.717, 1.165) is 30.5 Å². The maximum Gasteiger partial charge on any atom is 0.407 e. The highest BCUT2D eigenvalue weighted by Crippen LogP contribution is 2.46. The molecule has 1 aliphatic carbocycles. The summed E-state index contributed by atoms with van der Waals surface area (Å²) in [5.41, 5.74) is 8.60. The number of nitrogens with zero attached hydrogens (tertiary/aromatic N) is 2. The molecular weight excluding hydrogens is 597 g/mol. The van der Waals surface area contributed by atoms with Crippen LogP contribution in [-0.2, 0) is 21.2 Å². The molecule has 4 N–H and O–H groups in total. The van der Waals surface area contributed by atoms with Crippen molar-refractivity contribution < 1.29 is 27.1 Å². The summed E-state index contributed by atoms with van der Waals surface area (Å²) in [5.74, 6) is -1.10. The number of benzene rings is 2. The molecule has 0 bridgehead atoms. The fourth-order valence-corrected chi connectivity index (χ4v) is 9.16. The van der Waals surface area contributed by atoms with E-state index in [1.54, 1.807) is 18.2 Å². The van der Waals surface area contributed by atoms with Crippen LogP contribution in [0.4, 0.5) is 14.9 Å². The molecule has 2 aromatic carbocycles. The summed E-state index contributed by atoms with van der Waals surface area (Å²) in [6.45, 7) is 5.25. The Hall–Kier alpha value is -3.64. The van der Waals surface area contributed by atoms with Crippen molar-refractivity contribution in [3.05, 3.63) is 53.5 Å². The number of nitrogens with two attached hydrogens (primary N) is 1. The summed E-state index contributed by atoms with van der Waals surface area (Å²) in [6.07, 6.45) is 4.07. The molecule has 1 fully saturated rings. The number of fused-ring (bicyclic) bond motifs is 3. The smallest absolute Gasteiger partial charge is 0.407 e. The lowest BCUT2D eigenvalue weighted by Gasteiger charge is -2.36. The number of halogens is 1. The van der Waals surface area contributed by atoms with Gasteiger partial charge in [0.05, 0.1) is 16.8 Å². The zero-order chi connectivity index (χ0) is 32.5. The number of alkyl carbamates (subject to hydrolysis) is 1. The number of carbonyl (C=O) groups excluding carboxylic acids is 2. The Kier molecular flexibility index (Phi) is 9.46. The van der Waals surface area contributed by atoms with E-state index in [1.165, 1.54) is 16.1 Å². The maximum absolute atomic E-state index is 14.5. The van der Waals surface area contributed by atoms with Crippen molar-refractivity contribution in [1.29, 1.82) is 0 Å². The van der Waals surface area contributed by atoms with Gasteiger partial charge in [-0.15, -0.1) is 0 Å². The Bertz CT molecular complexity index is 1690. The van der Waals surface area contributed by atoms with Crippen molar-refractivity contribution in [2.45, 2.75) is 70.9 Å². The molecule has 0 radical (unpaired) electrons. The summed E-state index contributed by atoms with van der Waals surface area (Å²) >= 11 is 0. The normalized spacial score (nSPS) is 20.5. The number of anilines is 1. The highest BCUT2D eigenvalue weighted by Gasteiger charge is 2.42. The van der Waals surface area contributed by atoms with Gasteiger partial charge in [-0.3, -0.25) is 4.79 Å². The van der Waals surface area contributed by atoms with Gasteiger partial charge in [0.1, 0.15) is 11.9 Å². The van der Waals surface area contributed by atoms with Gasteiger partial charge in [0.2, 0.25) is 10.0 Å². The first-order valence-electron chi connectivity index (χ1n) is 15.7. The minimum absolute atomic E-state index is 0.00269. The molecule has 1 aromatic heterocycles. The number of nitrogens with one attached hydrogen (secondary N) is 2. The van der Waals surface area contributed by atoms with Crippen LogP contribution in [0.25, 0.3) is 22.0 Å². The van der Waals surface area contributed by atoms with Gasteiger partial charge >= 0.3 is 6.09 Å². The Balaban J connectivity index is 1.45. The lowest BCUT2D eigenvalue weighted by Crippen LogP contribution is -2.40. The van der Waals surface area contributed by atoms with Crippen LogP contribution in [0.15, 0.2) is 36.4 Å². The van der Waals surface area contributed by atoms with Crippen LogP contribution >= 0.6 is 0 Å². The molecule has 0 spiro atoms. The molecule has 1 aliphatic heterocycles. The first kappa shape index (κ1) is 32.7. The second-order valence-electron chi connectivity index (χ2n) is 12.8. The largest absolute Gasteiger partial charge is 0.446 e. The Morgan fingerprint density at radius 1 is 1.09 bits per heavy atom. The Morgan fingerprint density at radius 2 is 1.80 bits per heavy atom. The zero-order valence-electron chi connectivity index (χ0n) is 26.5. The highest BCUT2D eigenvalue weighted by atomic mass is 32.2. The lowest BCUT2D eigenvalue weighted by molar-refractivity contribution is 0.0729. The van der Waals surface area contributed by atoms with Crippen LogP contribution in [0.3, 0.4) is 0 Å². The van der Waals surface area contributed by atoms with Crippen LogP contribution in [0, 0.1) is 11.2 Å². The molecular formula is C33H44FN5O5S. The number of rotatable bonds is 10. The van der Waals surface area contributed by atoms with Crippen molar-refractivity contribution >= 4 is 38.6 Å². The maximum atomic E-state index is 14.5. The third kappa shape index (κ3) is 6.81. The molecule has 2 heterocycles. The number of likely N-dealkylation sites (N-methyl/N-ethyl adjacent to an activating group) is 1. The fourth-order valence-electron chi connectivity index (χ4n) is 6.80. The topological polar surface area (TPSA) is 136 Å². The Morgan fingerprint density at radius 3 is 2.44 bits per heavy atom. The minimum Gasteiger partial charge on any atom is -0.446 e. The molecule has 45 heavy (non-hydrogen) atoms. The first-order valence-corrected chi connectivity index (χ1v) is 17.3. The third-order valence-electron chi connectivity index (χ3n) is 9.50. The second-order valence-corrected chi connectivity index (χ2v) is 14.6. The van der Waals surface area contributed by atoms with Crippen LogP contribution in [0.1, 0.15) is 68.4 Å². The van der Waals surface area contributed by atoms with Crippen molar-refractivity contribution in [3.8, 4) is 11.1 Å². The molecule has 5 rings (SSSR count). The van der Waals surface area contributed by atoms with Gasteiger partial charge in [0.15, 0.2) is 0 Å². The summed E-state index contributed by atoms with van der Waals surface area (Å²) in [4.78, 5) is 26.6. The molecule has 2 amide bonds. The standard InChI is InChI=1S/C33H44FN5O5S/c1-5-33(6-2)19-29-30(26-14-8-22(34)18-28(26)39(29)45(42,43)20-33)21-7-13-25(31(35)40)27(17-21)37-23-9-11-24(12-10-23)44-32(41)36-15-16-38(3)4/h7-8,13-14,17-18,23-24,37H,5-6,9-12,15-16,19-20H2,1-4H3,(H2,35,40)(H,36,41). The summed E-state index contributed by atoms with van der Waals surface area (Å²) in [7, 11) is 0.105.